The van der Waals surface area contributed by atoms with E-state index in [0.29, 0.717) is 12.3 Å². The Bertz CT molecular complexity index is 398. The fourth-order valence-electron chi connectivity index (χ4n) is 2.17. The molecule has 1 aromatic rings. The number of hydrogen-bond donors (Lipinski definition) is 0. The van der Waals surface area contributed by atoms with E-state index in [9.17, 15) is 9.18 Å². The highest BCUT2D eigenvalue weighted by atomic mass is 19.1. The molecular formula is C16H23FO. The molecule has 0 N–H and O–H groups in total. The second kappa shape index (κ2) is 7.30. The Labute approximate surface area is 109 Å². The summed E-state index contributed by atoms with van der Waals surface area (Å²) in [6.07, 6.45) is 4.80. The quantitative estimate of drug-likeness (QED) is 0.627. The number of carbonyl (C=O) groups is 1. The van der Waals surface area contributed by atoms with Crippen LogP contribution >= 0.6 is 0 Å². The number of Topliss-reactive ketones (excluding diaryl/α,β-unsaturated/α-hetero) is 1. The van der Waals surface area contributed by atoms with Gasteiger partial charge in [0.25, 0.3) is 0 Å². The highest BCUT2D eigenvalue weighted by molar-refractivity contribution is 5.96. The Morgan fingerprint density at radius 1 is 1.33 bits per heavy atom. The first-order valence-corrected chi connectivity index (χ1v) is 6.87. The van der Waals surface area contributed by atoms with Crippen molar-refractivity contribution in [3.8, 4) is 0 Å². The van der Waals surface area contributed by atoms with Gasteiger partial charge in [0.05, 0.1) is 5.56 Å². The molecule has 0 aliphatic heterocycles. The van der Waals surface area contributed by atoms with Crippen LogP contribution in [0.25, 0.3) is 0 Å². The number of rotatable bonds is 7. The van der Waals surface area contributed by atoms with E-state index < -0.39 is 5.82 Å². The third kappa shape index (κ3) is 4.25. The van der Waals surface area contributed by atoms with Gasteiger partial charge in [-0.25, -0.2) is 4.39 Å². The molecule has 0 saturated heterocycles. The van der Waals surface area contributed by atoms with E-state index in [2.05, 4.69) is 13.8 Å². The number of benzene rings is 1. The summed E-state index contributed by atoms with van der Waals surface area (Å²) >= 11 is 0. The van der Waals surface area contributed by atoms with E-state index in [1.54, 1.807) is 12.1 Å². The molecule has 1 aromatic carbocycles. The molecule has 0 bridgehead atoms. The van der Waals surface area contributed by atoms with Gasteiger partial charge in [-0.15, -0.1) is 0 Å². The van der Waals surface area contributed by atoms with Crippen LogP contribution in [0.3, 0.4) is 0 Å². The molecule has 0 aromatic heterocycles. The summed E-state index contributed by atoms with van der Waals surface area (Å²) in [5.74, 6) is -0.0625. The van der Waals surface area contributed by atoms with Crippen LogP contribution in [0, 0.1) is 18.7 Å². The lowest BCUT2D eigenvalue weighted by Crippen LogP contribution is -2.10. The average molecular weight is 250 g/mol. The van der Waals surface area contributed by atoms with E-state index in [4.69, 9.17) is 0 Å². The van der Waals surface area contributed by atoms with Crippen LogP contribution in [0.15, 0.2) is 18.2 Å². The van der Waals surface area contributed by atoms with Gasteiger partial charge >= 0.3 is 0 Å². The number of unbranched alkanes of at least 4 members (excludes halogenated alkanes) is 1. The molecule has 0 aliphatic carbocycles. The maximum atomic E-state index is 13.6. The SMILES string of the molecule is CCCCC(CC)CC(=O)c1cc(C)ccc1F. The molecule has 0 spiro atoms. The van der Waals surface area contributed by atoms with Crippen LogP contribution < -0.4 is 0 Å². The lowest BCUT2D eigenvalue weighted by molar-refractivity contribution is 0.0953. The van der Waals surface area contributed by atoms with Crippen molar-refractivity contribution < 1.29 is 9.18 Å². The Kier molecular flexibility index (Phi) is 6.03. The third-order valence-electron chi connectivity index (χ3n) is 3.44. The van der Waals surface area contributed by atoms with Crippen LogP contribution in [0.4, 0.5) is 4.39 Å². The first-order valence-electron chi connectivity index (χ1n) is 6.87. The molecule has 1 nitrogen and oxygen atoms in total. The van der Waals surface area contributed by atoms with Gasteiger partial charge in [0.1, 0.15) is 5.82 Å². The lowest BCUT2D eigenvalue weighted by Gasteiger charge is -2.13. The van der Waals surface area contributed by atoms with Gasteiger partial charge in [-0.1, -0.05) is 51.2 Å². The van der Waals surface area contributed by atoms with Gasteiger partial charge in [-0.05, 0) is 25.0 Å². The van der Waals surface area contributed by atoms with E-state index in [1.165, 1.54) is 6.07 Å². The zero-order chi connectivity index (χ0) is 13.5. The zero-order valence-corrected chi connectivity index (χ0v) is 11.6. The molecule has 0 heterocycles. The predicted octanol–water partition coefficient (Wildman–Crippen LogP) is 4.92. The summed E-state index contributed by atoms with van der Waals surface area (Å²) in [6.45, 7) is 6.12. The van der Waals surface area contributed by atoms with Crippen molar-refractivity contribution in [1.82, 2.24) is 0 Å². The summed E-state index contributed by atoms with van der Waals surface area (Å²) in [6, 6.07) is 4.74. The van der Waals surface area contributed by atoms with Crippen LogP contribution in [-0.4, -0.2) is 5.78 Å². The minimum atomic E-state index is -0.393. The van der Waals surface area contributed by atoms with Crippen molar-refractivity contribution in [2.75, 3.05) is 0 Å². The van der Waals surface area contributed by atoms with Crippen molar-refractivity contribution in [1.29, 1.82) is 0 Å². The van der Waals surface area contributed by atoms with E-state index in [0.717, 1.165) is 31.2 Å². The number of hydrogen-bond acceptors (Lipinski definition) is 1. The lowest BCUT2D eigenvalue weighted by atomic mass is 9.91. The number of carbonyl (C=O) groups excluding carboxylic acids is 1. The summed E-state index contributed by atoms with van der Waals surface area (Å²) in [7, 11) is 0. The molecule has 0 radical (unpaired) electrons. The topological polar surface area (TPSA) is 17.1 Å². The third-order valence-corrected chi connectivity index (χ3v) is 3.44. The van der Waals surface area contributed by atoms with Crippen molar-refractivity contribution in [2.45, 2.75) is 52.9 Å². The van der Waals surface area contributed by atoms with Gasteiger partial charge in [0, 0.05) is 6.42 Å². The maximum absolute atomic E-state index is 13.6. The van der Waals surface area contributed by atoms with E-state index >= 15 is 0 Å². The van der Waals surface area contributed by atoms with Crippen molar-refractivity contribution in [3.05, 3.63) is 35.1 Å². The van der Waals surface area contributed by atoms with E-state index in [-0.39, 0.29) is 11.3 Å². The normalized spacial score (nSPS) is 12.4. The number of aryl methyl sites for hydroxylation is 1. The molecule has 0 saturated carbocycles. The minimum Gasteiger partial charge on any atom is -0.294 e. The summed E-state index contributed by atoms with van der Waals surface area (Å²) < 4.78 is 13.6. The van der Waals surface area contributed by atoms with Crippen molar-refractivity contribution in [2.24, 2.45) is 5.92 Å². The summed E-state index contributed by atoms with van der Waals surface area (Å²) in [5.41, 5.74) is 1.19. The van der Waals surface area contributed by atoms with Crippen LogP contribution in [0.1, 0.15) is 61.9 Å². The molecular weight excluding hydrogens is 227 g/mol. The predicted molar refractivity (Wildman–Crippen MR) is 73.4 cm³/mol. The first kappa shape index (κ1) is 14.9. The molecule has 0 aliphatic rings. The molecule has 1 rings (SSSR count). The molecule has 18 heavy (non-hydrogen) atoms. The van der Waals surface area contributed by atoms with Gasteiger partial charge in [0.2, 0.25) is 0 Å². The largest absolute Gasteiger partial charge is 0.294 e. The molecule has 0 fully saturated rings. The second-order valence-corrected chi connectivity index (χ2v) is 5.03. The average Bonchev–Trinajstić information content (AvgIpc) is 2.37. The Balaban J connectivity index is 2.71. The van der Waals surface area contributed by atoms with Crippen LogP contribution in [-0.2, 0) is 0 Å². The molecule has 2 heteroatoms. The molecule has 0 amide bonds. The monoisotopic (exact) mass is 250 g/mol. The highest BCUT2D eigenvalue weighted by Crippen LogP contribution is 2.21. The van der Waals surface area contributed by atoms with Crippen LogP contribution in [0.5, 0.6) is 0 Å². The standard InChI is InChI=1S/C16H23FO/c1-4-6-7-13(5-2)11-16(18)14-10-12(3)8-9-15(14)17/h8-10,13H,4-7,11H2,1-3H3. The summed E-state index contributed by atoms with van der Waals surface area (Å²) in [4.78, 5) is 12.1. The first-order chi connectivity index (χ1) is 8.58. The van der Waals surface area contributed by atoms with Gasteiger partial charge in [0.15, 0.2) is 5.78 Å². The van der Waals surface area contributed by atoms with Crippen LogP contribution in [0.2, 0.25) is 0 Å². The Hall–Kier alpha value is -1.18. The summed E-state index contributed by atoms with van der Waals surface area (Å²) in [5, 5.41) is 0. The highest BCUT2D eigenvalue weighted by Gasteiger charge is 2.16. The van der Waals surface area contributed by atoms with E-state index in [1.807, 2.05) is 6.92 Å². The number of halogens is 1. The fourth-order valence-corrected chi connectivity index (χ4v) is 2.17. The number of ketones is 1. The Morgan fingerprint density at radius 3 is 2.67 bits per heavy atom. The van der Waals surface area contributed by atoms with Crippen molar-refractivity contribution in [3.63, 3.8) is 0 Å². The molecule has 1 unspecified atom stereocenters. The Morgan fingerprint density at radius 2 is 2.06 bits per heavy atom. The van der Waals surface area contributed by atoms with Gasteiger partial charge in [-0.3, -0.25) is 4.79 Å². The van der Waals surface area contributed by atoms with Crippen molar-refractivity contribution >= 4 is 5.78 Å². The van der Waals surface area contributed by atoms with Gasteiger partial charge in [-0.2, -0.15) is 0 Å². The maximum Gasteiger partial charge on any atom is 0.166 e. The zero-order valence-electron chi connectivity index (χ0n) is 11.6. The smallest absolute Gasteiger partial charge is 0.166 e. The minimum absolute atomic E-state index is 0.0563. The van der Waals surface area contributed by atoms with Gasteiger partial charge < -0.3 is 0 Å². The fraction of sp³-hybridized carbons (Fsp3) is 0.562. The molecule has 100 valence electrons. The second-order valence-electron chi connectivity index (χ2n) is 5.03. The molecule has 1 atom stereocenters.